The third-order valence-corrected chi connectivity index (χ3v) is 3.67. The SMILES string of the molecule is Cc1ccc(NC(=O)CN(C)C(=O)COC(=O)[C@H]2CCCO2)cc1. The molecule has 1 fully saturated rings. The van der Waals surface area contributed by atoms with Gasteiger partial charge < -0.3 is 19.7 Å². The highest BCUT2D eigenvalue weighted by Crippen LogP contribution is 2.13. The van der Waals surface area contributed by atoms with Crippen molar-refractivity contribution in [2.45, 2.75) is 25.9 Å². The predicted molar refractivity (Wildman–Crippen MR) is 87.4 cm³/mol. The molecule has 0 spiro atoms. The number of aryl methyl sites for hydroxylation is 1. The average molecular weight is 334 g/mol. The highest BCUT2D eigenvalue weighted by Gasteiger charge is 2.26. The van der Waals surface area contributed by atoms with Gasteiger partial charge in [-0.2, -0.15) is 0 Å². The fourth-order valence-electron chi connectivity index (χ4n) is 2.24. The minimum atomic E-state index is -0.576. The number of carbonyl (C=O) groups excluding carboxylic acids is 3. The van der Waals surface area contributed by atoms with E-state index >= 15 is 0 Å². The number of benzene rings is 1. The fourth-order valence-corrected chi connectivity index (χ4v) is 2.24. The summed E-state index contributed by atoms with van der Waals surface area (Å²) in [5.74, 6) is -1.29. The summed E-state index contributed by atoms with van der Waals surface area (Å²) in [6, 6.07) is 7.35. The van der Waals surface area contributed by atoms with Gasteiger partial charge in [0.05, 0.1) is 6.54 Å². The van der Waals surface area contributed by atoms with Crippen molar-refractivity contribution in [3.63, 3.8) is 0 Å². The largest absolute Gasteiger partial charge is 0.454 e. The maximum absolute atomic E-state index is 11.9. The maximum atomic E-state index is 11.9. The zero-order valence-electron chi connectivity index (χ0n) is 13.9. The molecule has 1 aromatic rings. The Bertz CT molecular complexity index is 594. The molecule has 1 aromatic carbocycles. The Labute approximate surface area is 140 Å². The number of nitrogens with zero attached hydrogens (tertiary/aromatic N) is 1. The molecular weight excluding hydrogens is 312 g/mol. The van der Waals surface area contributed by atoms with Crippen LogP contribution in [0, 0.1) is 6.92 Å². The number of amides is 2. The van der Waals surface area contributed by atoms with E-state index in [1.54, 1.807) is 12.1 Å². The van der Waals surface area contributed by atoms with Crippen LogP contribution in [0.5, 0.6) is 0 Å². The van der Waals surface area contributed by atoms with Crippen LogP contribution >= 0.6 is 0 Å². The van der Waals surface area contributed by atoms with Crippen molar-refractivity contribution < 1.29 is 23.9 Å². The van der Waals surface area contributed by atoms with E-state index in [2.05, 4.69) is 5.32 Å². The van der Waals surface area contributed by atoms with Gasteiger partial charge in [0, 0.05) is 19.3 Å². The van der Waals surface area contributed by atoms with Crippen LogP contribution < -0.4 is 5.32 Å². The number of hydrogen-bond acceptors (Lipinski definition) is 5. The normalized spacial score (nSPS) is 16.5. The Morgan fingerprint density at radius 2 is 2.00 bits per heavy atom. The van der Waals surface area contributed by atoms with E-state index in [4.69, 9.17) is 9.47 Å². The standard InChI is InChI=1S/C17H22N2O5/c1-12-5-7-13(8-6-12)18-15(20)10-19(2)16(21)11-24-17(22)14-4-3-9-23-14/h5-8,14H,3-4,9-11H2,1-2H3,(H,18,20)/t14-/m1/s1. The first-order chi connectivity index (χ1) is 11.5. The molecule has 24 heavy (non-hydrogen) atoms. The van der Waals surface area contributed by atoms with Gasteiger partial charge in [0.2, 0.25) is 5.91 Å². The molecule has 1 saturated heterocycles. The van der Waals surface area contributed by atoms with Crippen LogP contribution in [-0.4, -0.2) is 55.6 Å². The van der Waals surface area contributed by atoms with E-state index < -0.39 is 24.6 Å². The summed E-state index contributed by atoms with van der Waals surface area (Å²) in [5.41, 5.74) is 1.75. The molecule has 0 bridgehead atoms. The van der Waals surface area contributed by atoms with E-state index in [9.17, 15) is 14.4 Å². The number of esters is 1. The molecule has 1 aliphatic rings. The first-order valence-electron chi connectivity index (χ1n) is 7.84. The van der Waals surface area contributed by atoms with Crippen molar-refractivity contribution in [2.75, 3.05) is 32.1 Å². The number of ether oxygens (including phenoxy) is 2. The van der Waals surface area contributed by atoms with Crippen molar-refractivity contribution in [2.24, 2.45) is 0 Å². The zero-order chi connectivity index (χ0) is 17.5. The number of anilines is 1. The molecule has 7 heteroatoms. The van der Waals surface area contributed by atoms with Crippen LogP contribution in [0.25, 0.3) is 0 Å². The highest BCUT2D eigenvalue weighted by molar-refractivity contribution is 5.94. The molecule has 0 aromatic heterocycles. The number of likely N-dealkylation sites (N-methyl/N-ethyl adjacent to an activating group) is 1. The van der Waals surface area contributed by atoms with E-state index in [-0.39, 0.29) is 12.5 Å². The first kappa shape index (κ1) is 17.9. The van der Waals surface area contributed by atoms with Gasteiger partial charge in [-0.25, -0.2) is 4.79 Å². The van der Waals surface area contributed by atoms with Crippen LogP contribution in [0.3, 0.4) is 0 Å². The van der Waals surface area contributed by atoms with Gasteiger partial charge in [0.25, 0.3) is 5.91 Å². The van der Waals surface area contributed by atoms with E-state index in [1.165, 1.54) is 11.9 Å². The minimum Gasteiger partial charge on any atom is -0.454 e. The molecule has 0 aliphatic carbocycles. The second kappa shape index (κ2) is 8.44. The topological polar surface area (TPSA) is 84.9 Å². The van der Waals surface area contributed by atoms with Gasteiger partial charge >= 0.3 is 5.97 Å². The van der Waals surface area contributed by atoms with Crippen molar-refractivity contribution in [3.05, 3.63) is 29.8 Å². The Morgan fingerprint density at radius 1 is 1.29 bits per heavy atom. The second-order valence-electron chi connectivity index (χ2n) is 5.77. The van der Waals surface area contributed by atoms with Gasteiger partial charge in [-0.3, -0.25) is 9.59 Å². The Hall–Kier alpha value is -2.41. The average Bonchev–Trinajstić information content (AvgIpc) is 3.08. The Kier molecular flexibility index (Phi) is 6.31. The summed E-state index contributed by atoms with van der Waals surface area (Å²) in [6.45, 7) is 1.97. The van der Waals surface area contributed by atoms with Crippen LogP contribution in [-0.2, 0) is 23.9 Å². The second-order valence-corrected chi connectivity index (χ2v) is 5.77. The Morgan fingerprint density at radius 3 is 2.62 bits per heavy atom. The summed E-state index contributed by atoms with van der Waals surface area (Å²) >= 11 is 0. The maximum Gasteiger partial charge on any atom is 0.335 e. The lowest BCUT2D eigenvalue weighted by Gasteiger charge is -2.17. The van der Waals surface area contributed by atoms with Gasteiger partial charge in [-0.15, -0.1) is 0 Å². The van der Waals surface area contributed by atoms with E-state index in [0.717, 1.165) is 12.0 Å². The van der Waals surface area contributed by atoms with Gasteiger partial charge in [-0.1, -0.05) is 17.7 Å². The fraction of sp³-hybridized carbons (Fsp3) is 0.471. The summed E-state index contributed by atoms with van der Waals surface area (Å²) in [6.07, 6.45) is 0.849. The third-order valence-electron chi connectivity index (χ3n) is 3.67. The van der Waals surface area contributed by atoms with Crippen LogP contribution in [0.1, 0.15) is 18.4 Å². The van der Waals surface area contributed by atoms with Crippen molar-refractivity contribution >= 4 is 23.5 Å². The minimum absolute atomic E-state index is 0.121. The molecule has 1 N–H and O–H groups in total. The number of rotatable bonds is 6. The molecule has 1 atom stereocenters. The molecule has 0 saturated carbocycles. The summed E-state index contributed by atoms with van der Waals surface area (Å²) in [7, 11) is 1.48. The predicted octanol–water partition coefficient (Wildman–Crippen LogP) is 1.11. The quantitative estimate of drug-likeness (QED) is 0.788. The van der Waals surface area contributed by atoms with Crippen LogP contribution in [0.15, 0.2) is 24.3 Å². The molecular formula is C17H22N2O5. The first-order valence-corrected chi connectivity index (χ1v) is 7.84. The molecule has 0 radical (unpaired) electrons. The smallest absolute Gasteiger partial charge is 0.335 e. The van der Waals surface area contributed by atoms with Crippen molar-refractivity contribution in [1.29, 1.82) is 0 Å². The molecule has 1 aliphatic heterocycles. The third kappa shape index (κ3) is 5.34. The summed E-state index contributed by atoms with van der Waals surface area (Å²) in [5, 5.41) is 2.70. The van der Waals surface area contributed by atoms with Crippen molar-refractivity contribution in [3.8, 4) is 0 Å². The van der Waals surface area contributed by atoms with Gasteiger partial charge in [0.1, 0.15) is 0 Å². The van der Waals surface area contributed by atoms with Crippen LogP contribution in [0.4, 0.5) is 5.69 Å². The van der Waals surface area contributed by atoms with E-state index in [1.807, 2.05) is 19.1 Å². The lowest BCUT2D eigenvalue weighted by Crippen LogP contribution is -2.38. The van der Waals surface area contributed by atoms with Crippen LogP contribution in [0.2, 0.25) is 0 Å². The molecule has 7 nitrogen and oxygen atoms in total. The highest BCUT2D eigenvalue weighted by atomic mass is 16.6. The van der Waals surface area contributed by atoms with Gasteiger partial charge in [0.15, 0.2) is 12.7 Å². The summed E-state index contributed by atoms with van der Waals surface area (Å²) < 4.78 is 10.1. The molecule has 2 amide bonds. The van der Waals surface area contributed by atoms with Gasteiger partial charge in [-0.05, 0) is 31.9 Å². The molecule has 2 rings (SSSR count). The monoisotopic (exact) mass is 334 g/mol. The van der Waals surface area contributed by atoms with Crippen molar-refractivity contribution in [1.82, 2.24) is 4.90 Å². The Balaban J connectivity index is 1.73. The zero-order valence-corrected chi connectivity index (χ0v) is 13.9. The molecule has 0 unspecified atom stereocenters. The van der Waals surface area contributed by atoms with E-state index in [0.29, 0.717) is 18.7 Å². The summed E-state index contributed by atoms with van der Waals surface area (Å²) in [4.78, 5) is 36.7. The lowest BCUT2D eigenvalue weighted by molar-refractivity contribution is -0.159. The lowest BCUT2D eigenvalue weighted by atomic mass is 10.2. The number of hydrogen-bond donors (Lipinski definition) is 1. The number of carbonyl (C=O) groups is 3. The number of nitrogens with one attached hydrogen (secondary N) is 1. The molecule has 1 heterocycles. The molecule has 130 valence electrons.